The first-order valence-corrected chi connectivity index (χ1v) is 7.24. The van der Waals surface area contributed by atoms with E-state index < -0.39 is 5.82 Å². The van der Waals surface area contributed by atoms with Crippen molar-refractivity contribution in [3.8, 4) is 5.75 Å². The van der Waals surface area contributed by atoms with Gasteiger partial charge in [0.2, 0.25) is 5.91 Å². The second-order valence-electron chi connectivity index (χ2n) is 5.03. The van der Waals surface area contributed by atoms with Gasteiger partial charge in [0.1, 0.15) is 11.6 Å². The van der Waals surface area contributed by atoms with Crippen molar-refractivity contribution in [3.63, 3.8) is 0 Å². The fraction of sp³-hybridized carbons (Fsp3) is 0.500. The average Bonchev–Trinajstić information content (AvgIpc) is 2.88. The van der Waals surface area contributed by atoms with Gasteiger partial charge in [-0.25, -0.2) is 4.39 Å². The molecule has 1 aliphatic rings. The first-order chi connectivity index (χ1) is 9.99. The summed E-state index contributed by atoms with van der Waals surface area (Å²) in [5.74, 6) is 4.97. The first-order valence-electron chi connectivity index (χ1n) is 6.86. The Hall–Kier alpha value is -1.37. The standard InChI is InChI=1S/C14H19ClFN3O2/c1-3-21-14-9(7(2)19-17)5-10(15)13(16)12(14)8-4-11(20)18-6-8/h5,7-8,19H,3-4,6,17H2,1-2H3,(H,18,20)/t7-,8?/m0/s1. The molecule has 1 aliphatic heterocycles. The van der Waals surface area contributed by atoms with Gasteiger partial charge < -0.3 is 10.1 Å². The molecule has 1 unspecified atom stereocenters. The summed E-state index contributed by atoms with van der Waals surface area (Å²) in [5, 5.41) is 2.71. The maximum absolute atomic E-state index is 14.5. The molecule has 0 spiro atoms. The SMILES string of the molecule is CCOc1c([C@H](C)NN)cc(Cl)c(F)c1C1CNC(=O)C1. The van der Waals surface area contributed by atoms with E-state index in [2.05, 4.69) is 10.7 Å². The van der Waals surface area contributed by atoms with Crippen LogP contribution < -0.4 is 21.3 Å². The number of hydrazine groups is 1. The van der Waals surface area contributed by atoms with Crippen molar-refractivity contribution in [2.75, 3.05) is 13.2 Å². The van der Waals surface area contributed by atoms with Crippen LogP contribution in [0.3, 0.4) is 0 Å². The minimum atomic E-state index is -0.533. The van der Waals surface area contributed by atoms with Crippen LogP contribution in [0, 0.1) is 5.82 Å². The lowest BCUT2D eigenvalue weighted by molar-refractivity contribution is -0.119. The molecule has 1 fully saturated rings. The Labute approximate surface area is 127 Å². The van der Waals surface area contributed by atoms with Gasteiger partial charge in [-0.1, -0.05) is 11.6 Å². The molecule has 7 heteroatoms. The first kappa shape index (κ1) is 16.0. The third kappa shape index (κ3) is 3.12. The highest BCUT2D eigenvalue weighted by Gasteiger charge is 2.32. The molecule has 0 aromatic heterocycles. The molecule has 1 aromatic rings. The molecule has 2 atom stereocenters. The predicted octanol–water partition coefficient (Wildman–Crippen LogP) is 2.01. The van der Waals surface area contributed by atoms with Crippen molar-refractivity contribution >= 4 is 17.5 Å². The van der Waals surface area contributed by atoms with Gasteiger partial charge in [-0.2, -0.15) is 0 Å². The van der Waals surface area contributed by atoms with E-state index in [1.165, 1.54) is 6.07 Å². The molecule has 2 rings (SSSR count). The van der Waals surface area contributed by atoms with E-state index in [9.17, 15) is 9.18 Å². The predicted molar refractivity (Wildman–Crippen MR) is 78.7 cm³/mol. The monoisotopic (exact) mass is 315 g/mol. The molecule has 5 nitrogen and oxygen atoms in total. The molecule has 1 amide bonds. The Morgan fingerprint density at radius 1 is 1.67 bits per heavy atom. The van der Waals surface area contributed by atoms with Crippen LogP contribution in [0.4, 0.5) is 4.39 Å². The molecule has 0 bridgehead atoms. The molecular weight excluding hydrogens is 297 g/mol. The fourth-order valence-corrected chi connectivity index (χ4v) is 2.76. The van der Waals surface area contributed by atoms with Crippen LogP contribution in [0.5, 0.6) is 5.75 Å². The number of ether oxygens (including phenoxy) is 1. The van der Waals surface area contributed by atoms with Crippen molar-refractivity contribution < 1.29 is 13.9 Å². The summed E-state index contributed by atoms with van der Waals surface area (Å²) in [6.45, 7) is 4.40. The Kier molecular flexibility index (Phi) is 5.03. The van der Waals surface area contributed by atoms with E-state index in [4.69, 9.17) is 22.2 Å². The van der Waals surface area contributed by atoms with Crippen LogP contribution in [0.15, 0.2) is 6.07 Å². The van der Waals surface area contributed by atoms with Crippen molar-refractivity contribution in [3.05, 3.63) is 28.0 Å². The summed E-state index contributed by atoms with van der Waals surface area (Å²) in [4.78, 5) is 11.4. The largest absolute Gasteiger partial charge is 0.493 e. The molecular formula is C14H19ClFN3O2. The number of benzene rings is 1. The molecule has 1 saturated heterocycles. The van der Waals surface area contributed by atoms with Crippen LogP contribution >= 0.6 is 11.6 Å². The summed E-state index contributed by atoms with van der Waals surface area (Å²) in [7, 11) is 0. The zero-order valence-electron chi connectivity index (χ0n) is 12.0. The van der Waals surface area contributed by atoms with E-state index >= 15 is 0 Å². The maximum Gasteiger partial charge on any atom is 0.220 e. The fourth-order valence-electron chi connectivity index (χ4n) is 2.54. The maximum atomic E-state index is 14.5. The van der Waals surface area contributed by atoms with Crippen LogP contribution in [-0.4, -0.2) is 19.1 Å². The number of halogens is 2. The smallest absolute Gasteiger partial charge is 0.220 e. The topological polar surface area (TPSA) is 76.4 Å². The summed E-state index contributed by atoms with van der Waals surface area (Å²) < 4.78 is 20.2. The Morgan fingerprint density at radius 2 is 2.38 bits per heavy atom. The van der Waals surface area contributed by atoms with E-state index in [1.54, 1.807) is 0 Å². The number of carbonyl (C=O) groups is 1. The lowest BCUT2D eigenvalue weighted by Gasteiger charge is -2.22. The highest BCUT2D eigenvalue weighted by atomic mass is 35.5. The van der Waals surface area contributed by atoms with E-state index in [0.29, 0.717) is 30.0 Å². The van der Waals surface area contributed by atoms with Crippen LogP contribution in [0.25, 0.3) is 0 Å². The lowest BCUT2D eigenvalue weighted by atomic mass is 9.92. The number of amides is 1. The number of hydrogen-bond donors (Lipinski definition) is 3. The van der Waals surface area contributed by atoms with Crippen molar-refractivity contribution in [1.82, 2.24) is 10.7 Å². The van der Waals surface area contributed by atoms with E-state index in [0.717, 1.165) is 0 Å². The molecule has 0 saturated carbocycles. The molecule has 1 heterocycles. The minimum absolute atomic E-state index is 0.00454. The quantitative estimate of drug-likeness (QED) is 0.574. The molecule has 116 valence electrons. The van der Waals surface area contributed by atoms with Gasteiger partial charge in [-0.05, 0) is 19.9 Å². The normalized spacial score (nSPS) is 19.5. The average molecular weight is 316 g/mol. The van der Waals surface area contributed by atoms with Gasteiger partial charge in [-0.15, -0.1) is 0 Å². The van der Waals surface area contributed by atoms with Crippen LogP contribution in [0.2, 0.25) is 5.02 Å². The summed E-state index contributed by atoms with van der Waals surface area (Å²) in [6, 6.07) is 1.26. The van der Waals surface area contributed by atoms with Gasteiger partial charge in [0.25, 0.3) is 0 Å². The summed E-state index contributed by atoms with van der Waals surface area (Å²) in [5.41, 5.74) is 3.64. The van der Waals surface area contributed by atoms with Gasteiger partial charge in [0.05, 0.1) is 11.6 Å². The molecule has 0 radical (unpaired) electrons. The summed E-state index contributed by atoms with van der Waals surface area (Å²) in [6.07, 6.45) is 0.223. The van der Waals surface area contributed by atoms with Gasteiger partial charge in [-0.3, -0.25) is 16.1 Å². The Morgan fingerprint density at radius 3 is 2.90 bits per heavy atom. The van der Waals surface area contributed by atoms with Crippen LogP contribution in [0.1, 0.15) is 43.4 Å². The minimum Gasteiger partial charge on any atom is -0.493 e. The number of hydrogen-bond acceptors (Lipinski definition) is 4. The van der Waals surface area contributed by atoms with Crippen LogP contribution in [-0.2, 0) is 4.79 Å². The third-order valence-corrected chi connectivity index (χ3v) is 3.90. The second-order valence-corrected chi connectivity index (χ2v) is 5.44. The van der Waals surface area contributed by atoms with Gasteiger partial charge in [0, 0.05) is 36.1 Å². The Bertz CT molecular complexity index is 554. The van der Waals surface area contributed by atoms with Crippen molar-refractivity contribution in [1.29, 1.82) is 0 Å². The van der Waals surface area contributed by atoms with Gasteiger partial charge in [0.15, 0.2) is 0 Å². The number of carbonyl (C=O) groups excluding carboxylic acids is 1. The molecule has 21 heavy (non-hydrogen) atoms. The number of rotatable bonds is 5. The molecule has 0 aliphatic carbocycles. The van der Waals surface area contributed by atoms with E-state index in [-0.39, 0.29) is 29.3 Å². The zero-order valence-corrected chi connectivity index (χ0v) is 12.8. The molecule has 1 aromatic carbocycles. The van der Waals surface area contributed by atoms with Gasteiger partial charge >= 0.3 is 0 Å². The summed E-state index contributed by atoms with van der Waals surface area (Å²) >= 11 is 6.00. The lowest BCUT2D eigenvalue weighted by Crippen LogP contribution is -2.26. The van der Waals surface area contributed by atoms with E-state index in [1.807, 2.05) is 13.8 Å². The molecule has 4 N–H and O–H groups in total. The van der Waals surface area contributed by atoms with Crippen molar-refractivity contribution in [2.45, 2.75) is 32.2 Å². The highest BCUT2D eigenvalue weighted by molar-refractivity contribution is 6.31. The third-order valence-electron chi connectivity index (χ3n) is 3.63. The number of nitrogens with one attached hydrogen (secondary N) is 2. The zero-order chi connectivity index (χ0) is 15.6. The van der Waals surface area contributed by atoms with Crippen molar-refractivity contribution in [2.24, 2.45) is 5.84 Å². The second kappa shape index (κ2) is 6.60. The Balaban J connectivity index is 2.59. The highest BCUT2D eigenvalue weighted by Crippen LogP contribution is 2.41. The number of nitrogens with two attached hydrogens (primary N) is 1.